The van der Waals surface area contributed by atoms with Crippen molar-refractivity contribution in [2.75, 3.05) is 13.2 Å². The summed E-state index contributed by atoms with van der Waals surface area (Å²) in [5, 5.41) is 19.1. The molecule has 0 saturated heterocycles. The summed E-state index contributed by atoms with van der Waals surface area (Å²) in [6.45, 7) is 1.99. The summed E-state index contributed by atoms with van der Waals surface area (Å²) in [5.74, 6) is -3.31. The molecule has 0 aromatic carbocycles. The minimum atomic E-state index is -1.42. The Morgan fingerprint density at radius 3 is 2.38 bits per heavy atom. The van der Waals surface area contributed by atoms with Crippen LogP contribution in [0.5, 0.6) is 0 Å². The number of nitrogens with one attached hydrogen (secondary N) is 1. The van der Waals surface area contributed by atoms with Gasteiger partial charge in [-0.1, -0.05) is 6.92 Å². The highest BCUT2D eigenvalue weighted by molar-refractivity contribution is 5.87. The van der Waals surface area contributed by atoms with E-state index in [1.165, 1.54) is 0 Å². The van der Waals surface area contributed by atoms with Crippen molar-refractivity contribution in [2.24, 2.45) is 0 Å². The molecule has 0 bridgehead atoms. The van der Waals surface area contributed by atoms with E-state index < -0.39 is 30.3 Å². The summed E-state index contributed by atoms with van der Waals surface area (Å²) < 4.78 is 4.88. The first-order chi connectivity index (χ1) is 7.47. The van der Waals surface area contributed by atoms with Gasteiger partial charge in [-0.05, 0) is 6.42 Å². The average molecular weight is 233 g/mol. The van der Waals surface area contributed by atoms with Crippen LogP contribution in [0.15, 0.2) is 0 Å². The fourth-order valence-corrected chi connectivity index (χ4v) is 0.920. The maximum atomic E-state index is 11.1. The van der Waals surface area contributed by atoms with E-state index in [0.29, 0.717) is 6.61 Å². The average Bonchev–Trinajstić information content (AvgIpc) is 2.16. The van der Waals surface area contributed by atoms with Gasteiger partial charge in [0.1, 0.15) is 12.6 Å². The number of carboxylic acid groups (broad SMARTS) is 2. The van der Waals surface area contributed by atoms with Gasteiger partial charge in [0.25, 0.3) is 0 Å². The molecule has 0 aromatic heterocycles. The fraction of sp³-hybridized carbons (Fsp3) is 0.667. The maximum absolute atomic E-state index is 11.1. The number of aliphatic carboxylic acids is 2. The molecule has 0 heterocycles. The van der Waals surface area contributed by atoms with Crippen molar-refractivity contribution >= 4 is 17.8 Å². The van der Waals surface area contributed by atoms with Gasteiger partial charge in [0.15, 0.2) is 0 Å². The normalized spacial score (nSPS) is 11.8. The van der Waals surface area contributed by atoms with Gasteiger partial charge in [0.2, 0.25) is 5.91 Å². The van der Waals surface area contributed by atoms with Crippen molar-refractivity contribution in [2.45, 2.75) is 25.8 Å². The lowest BCUT2D eigenvalue weighted by molar-refractivity contribution is -0.147. The van der Waals surface area contributed by atoms with Gasteiger partial charge in [0, 0.05) is 6.61 Å². The molecule has 0 saturated carbocycles. The number of ether oxygens (including phenoxy) is 1. The van der Waals surface area contributed by atoms with Crippen molar-refractivity contribution in [1.29, 1.82) is 0 Å². The van der Waals surface area contributed by atoms with Gasteiger partial charge in [-0.25, -0.2) is 4.79 Å². The molecule has 7 heteroatoms. The number of carbonyl (C=O) groups excluding carboxylic acids is 1. The van der Waals surface area contributed by atoms with E-state index in [4.69, 9.17) is 14.9 Å². The van der Waals surface area contributed by atoms with E-state index in [9.17, 15) is 14.4 Å². The Kier molecular flexibility index (Phi) is 6.86. The van der Waals surface area contributed by atoms with Gasteiger partial charge >= 0.3 is 11.9 Å². The third kappa shape index (κ3) is 6.77. The van der Waals surface area contributed by atoms with Crippen LogP contribution in [0.25, 0.3) is 0 Å². The molecule has 0 aliphatic rings. The summed E-state index contributed by atoms with van der Waals surface area (Å²) in [4.78, 5) is 32.0. The van der Waals surface area contributed by atoms with Gasteiger partial charge in [-0.3, -0.25) is 9.59 Å². The van der Waals surface area contributed by atoms with Gasteiger partial charge < -0.3 is 20.3 Å². The van der Waals surface area contributed by atoms with Crippen LogP contribution in [0.1, 0.15) is 19.8 Å². The summed E-state index contributed by atoms with van der Waals surface area (Å²) >= 11 is 0. The zero-order valence-electron chi connectivity index (χ0n) is 8.93. The third-order valence-corrected chi connectivity index (χ3v) is 1.59. The maximum Gasteiger partial charge on any atom is 0.326 e. The highest BCUT2D eigenvalue weighted by atomic mass is 16.5. The fourth-order valence-electron chi connectivity index (χ4n) is 0.920. The summed E-state index contributed by atoms with van der Waals surface area (Å²) in [6.07, 6.45) is 0.0830. The second-order valence-corrected chi connectivity index (χ2v) is 3.11. The predicted molar refractivity (Wildman–Crippen MR) is 52.9 cm³/mol. The van der Waals surface area contributed by atoms with E-state index in [2.05, 4.69) is 5.32 Å². The first-order valence-electron chi connectivity index (χ1n) is 4.79. The molecular weight excluding hydrogens is 218 g/mol. The lowest BCUT2D eigenvalue weighted by Gasteiger charge is -2.12. The first kappa shape index (κ1) is 14.4. The molecule has 92 valence electrons. The molecular formula is C9H15NO6. The molecule has 7 nitrogen and oxygen atoms in total. The Morgan fingerprint density at radius 2 is 1.94 bits per heavy atom. The molecule has 3 N–H and O–H groups in total. The number of carboxylic acids is 2. The monoisotopic (exact) mass is 233 g/mol. The number of hydrogen-bond acceptors (Lipinski definition) is 4. The Balaban J connectivity index is 4.03. The van der Waals surface area contributed by atoms with Crippen LogP contribution in [-0.2, 0) is 19.1 Å². The largest absolute Gasteiger partial charge is 0.481 e. The van der Waals surface area contributed by atoms with Crippen LogP contribution in [0.2, 0.25) is 0 Å². The minimum absolute atomic E-state index is 0.267. The predicted octanol–water partition coefficient (Wildman–Crippen LogP) is -0.543. The van der Waals surface area contributed by atoms with E-state index in [0.717, 1.165) is 6.42 Å². The molecule has 16 heavy (non-hydrogen) atoms. The first-order valence-corrected chi connectivity index (χ1v) is 4.79. The SMILES string of the molecule is CCCOCC(=O)N[C@H](CC(=O)O)C(=O)O. The zero-order chi connectivity index (χ0) is 12.6. The second-order valence-electron chi connectivity index (χ2n) is 3.11. The minimum Gasteiger partial charge on any atom is -0.481 e. The molecule has 0 rings (SSSR count). The summed E-state index contributed by atoms with van der Waals surface area (Å²) in [7, 11) is 0. The van der Waals surface area contributed by atoms with Crippen LogP contribution in [-0.4, -0.2) is 47.3 Å². The standard InChI is InChI=1S/C9H15NO6/c1-2-3-16-5-7(11)10-6(9(14)15)4-8(12)13/h6H,2-5H2,1H3,(H,10,11)(H,12,13)(H,14,15)/t6-/m1/s1. The summed E-state index contributed by atoms with van der Waals surface area (Å²) in [5.41, 5.74) is 0. The van der Waals surface area contributed by atoms with Gasteiger partial charge in [0.05, 0.1) is 6.42 Å². The van der Waals surface area contributed by atoms with Crippen molar-refractivity contribution in [3.05, 3.63) is 0 Å². The topological polar surface area (TPSA) is 113 Å². The molecule has 0 aliphatic carbocycles. The van der Waals surface area contributed by atoms with Gasteiger partial charge in [-0.15, -0.1) is 0 Å². The molecule has 0 fully saturated rings. The molecule has 1 atom stereocenters. The Morgan fingerprint density at radius 1 is 1.31 bits per heavy atom. The van der Waals surface area contributed by atoms with Crippen molar-refractivity contribution < 1.29 is 29.3 Å². The number of rotatable bonds is 8. The van der Waals surface area contributed by atoms with Crippen molar-refractivity contribution in [3.8, 4) is 0 Å². The lowest BCUT2D eigenvalue weighted by Crippen LogP contribution is -2.43. The second kappa shape index (κ2) is 7.63. The van der Waals surface area contributed by atoms with Crippen molar-refractivity contribution in [3.63, 3.8) is 0 Å². The van der Waals surface area contributed by atoms with Crippen LogP contribution in [0.4, 0.5) is 0 Å². The number of carbonyl (C=O) groups is 3. The molecule has 0 spiro atoms. The third-order valence-electron chi connectivity index (χ3n) is 1.59. The van der Waals surface area contributed by atoms with E-state index in [1.54, 1.807) is 0 Å². The van der Waals surface area contributed by atoms with E-state index in [1.807, 2.05) is 6.92 Å². The molecule has 0 radical (unpaired) electrons. The smallest absolute Gasteiger partial charge is 0.326 e. The quantitative estimate of drug-likeness (QED) is 0.485. The highest BCUT2D eigenvalue weighted by Crippen LogP contribution is 1.93. The Hall–Kier alpha value is -1.63. The Labute approximate surface area is 92.4 Å². The highest BCUT2D eigenvalue weighted by Gasteiger charge is 2.22. The number of amides is 1. The zero-order valence-corrected chi connectivity index (χ0v) is 8.93. The van der Waals surface area contributed by atoms with Crippen molar-refractivity contribution in [1.82, 2.24) is 5.32 Å². The summed E-state index contributed by atoms with van der Waals surface area (Å²) in [6, 6.07) is -1.42. The molecule has 0 aliphatic heterocycles. The lowest BCUT2D eigenvalue weighted by atomic mass is 10.2. The number of hydrogen-bond donors (Lipinski definition) is 3. The van der Waals surface area contributed by atoms with Crippen LogP contribution in [0, 0.1) is 0 Å². The van der Waals surface area contributed by atoms with Crippen LogP contribution >= 0.6 is 0 Å². The molecule has 0 aromatic rings. The Bertz CT molecular complexity index is 265. The van der Waals surface area contributed by atoms with E-state index >= 15 is 0 Å². The van der Waals surface area contributed by atoms with E-state index in [-0.39, 0.29) is 6.61 Å². The van der Waals surface area contributed by atoms with Crippen LogP contribution in [0.3, 0.4) is 0 Å². The van der Waals surface area contributed by atoms with Gasteiger partial charge in [-0.2, -0.15) is 0 Å². The molecule has 0 unspecified atom stereocenters. The van der Waals surface area contributed by atoms with Crippen LogP contribution < -0.4 is 5.32 Å². The molecule has 1 amide bonds.